The van der Waals surface area contributed by atoms with Gasteiger partial charge in [0.05, 0.1) is 12.6 Å². The lowest BCUT2D eigenvalue weighted by molar-refractivity contribution is -0.136. The van der Waals surface area contributed by atoms with E-state index in [1.165, 1.54) is 24.3 Å². The highest BCUT2D eigenvalue weighted by molar-refractivity contribution is 7.80. The van der Waals surface area contributed by atoms with Crippen LogP contribution in [0, 0.1) is 17.8 Å². The van der Waals surface area contributed by atoms with Crippen molar-refractivity contribution in [2.75, 3.05) is 38.5 Å². The Morgan fingerprint density at radius 1 is 0.462 bits per heavy atom. The number of carbonyl (C=O) groups is 10. The summed E-state index contributed by atoms with van der Waals surface area (Å²) in [5, 5.41) is 33.9. The van der Waals surface area contributed by atoms with Gasteiger partial charge in [0.25, 0.3) is 0 Å². The topological polar surface area (TPSA) is 609 Å². The highest BCUT2D eigenvalue weighted by Gasteiger charge is 2.36. The van der Waals surface area contributed by atoms with E-state index in [0.29, 0.717) is 12.0 Å². The molecule has 34 nitrogen and oxygen atoms in total. The number of primary amides is 1. The number of phenolic OH excluding ortho intramolecular Hbond substituents is 1. The molecule has 0 spiro atoms. The monoisotopic (exact) mass is 1300 g/mol. The summed E-state index contributed by atoms with van der Waals surface area (Å²) in [5.41, 5.74) is 55.7. The number of hydrogen-bond acceptors (Lipinski definition) is 17. The van der Waals surface area contributed by atoms with Crippen LogP contribution in [0.4, 0.5) is 0 Å². The number of nitrogens with one attached hydrogen (secondary N) is 9. The van der Waals surface area contributed by atoms with Gasteiger partial charge in [-0.1, -0.05) is 60.1 Å². The number of nitrogens with zero attached hydrogens (tertiary/aromatic N) is 4. The summed E-state index contributed by atoms with van der Waals surface area (Å²) in [6, 6.07) is -5.69. The van der Waals surface area contributed by atoms with Crippen molar-refractivity contribution in [3.05, 3.63) is 29.8 Å². The minimum atomic E-state index is -1.43. The van der Waals surface area contributed by atoms with Crippen molar-refractivity contribution in [3.63, 3.8) is 0 Å². The maximum atomic E-state index is 14.7. The van der Waals surface area contributed by atoms with Crippen molar-refractivity contribution in [3.8, 4) is 5.75 Å². The molecular formula is C56H101N23O11S. The second kappa shape index (κ2) is 42.9. The molecule has 0 saturated heterocycles. The first kappa shape index (κ1) is 80.1. The summed E-state index contributed by atoms with van der Waals surface area (Å²) >= 11 is 4.09. The molecule has 1 aromatic carbocycles. The SMILES string of the molecule is CC[C@H](C)[C@H](NC(=O)[C@H](CCCN=C(N)N)NC(=O)[C@H](CC(C)C)NC(=O)[C@H](Cc1ccc(O)cc1)NC(=O)[C@H](CC(C)C)NC(=O)[C@H](CCCN=C(N)N)NC(=O)[C@@H](N)CS)C(=O)NCC(=O)N[C@@H](CCCN=C(N)N)C(=O)N[C@@H](CCCN=C(N)N)C(N)=O. The third kappa shape index (κ3) is 34.0. The van der Waals surface area contributed by atoms with E-state index in [2.05, 4.69) is 80.4 Å². The normalized spacial score (nSPS) is 14.3. The molecule has 0 unspecified atom stereocenters. The standard InChI is InChI=1S/C56H101N23O11S/c1-7-31(6)43(52(90)71-27-42(81)72-36(13-9-21-68-54(61)62)46(84)73-35(44(58)82)12-8-20-67-53(59)60)79-48(86)38(15-11-23-70-56(65)66)75-49(87)39(24-29(2)3)77-51(89)41(26-32-16-18-33(80)19-17-32)78-50(88)40(25-30(4)5)76-47(85)37(14-10-22-69-55(63)64)74-45(83)34(57)28-91/h16-19,29-31,34-41,43,80,91H,7-15,20-28,57H2,1-6H3,(H2,58,82)(H,71,90)(H,72,81)(H,73,84)(H,74,83)(H,75,87)(H,76,85)(H,77,89)(H,78,88)(H,79,86)(H4,59,60,67)(H4,61,62,68)(H4,63,64,69)(H4,65,66,70)/t31-,34-,35-,36-,37-,38-,39-,40-,41-,43-/m0/s1. The van der Waals surface area contributed by atoms with E-state index in [0.717, 1.165) is 0 Å². The second-order valence-electron chi connectivity index (χ2n) is 22.7. The maximum Gasteiger partial charge on any atom is 0.243 e. The molecule has 1 rings (SSSR count). The lowest BCUT2D eigenvalue weighted by Gasteiger charge is -2.29. The van der Waals surface area contributed by atoms with Crippen LogP contribution in [-0.2, 0) is 54.4 Å². The summed E-state index contributed by atoms with van der Waals surface area (Å²) in [6.45, 7) is 10.2. The fourth-order valence-corrected chi connectivity index (χ4v) is 8.96. The van der Waals surface area contributed by atoms with Gasteiger partial charge in [-0.25, -0.2) is 0 Å². The number of phenols is 1. The minimum Gasteiger partial charge on any atom is -0.508 e. The number of carbonyl (C=O) groups excluding carboxylic acids is 10. The minimum absolute atomic E-state index is 0.00413. The molecule has 0 radical (unpaired) electrons. The molecule has 0 heterocycles. The molecule has 0 aliphatic carbocycles. The van der Waals surface area contributed by atoms with E-state index in [4.69, 9.17) is 57.3 Å². The van der Waals surface area contributed by atoms with E-state index in [1.54, 1.807) is 41.5 Å². The van der Waals surface area contributed by atoms with Crippen LogP contribution in [0.25, 0.3) is 0 Å². The van der Waals surface area contributed by atoms with Gasteiger partial charge in [0.1, 0.15) is 54.1 Å². The molecule has 35 heteroatoms. The van der Waals surface area contributed by atoms with E-state index in [1.807, 2.05) is 0 Å². The molecule has 512 valence electrons. The van der Waals surface area contributed by atoms with E-state index < -0.39 is 126 Å². The van der Waals surface area contributed by atoms with Crippen LogP contribution in [0.5, 0.6) is 5.75 Å². The molecule has 1 aromatic rings. The summed E-state index contributed by atoms with van der Waals surface area (Å²) in [5.74, 6) is -9.99. The third-order valence-corrected chi connectivity index (χ3v) is 14.2. The third-order valence-electron chi connectivity index (χ3n) is 13.8. The smallest absolute Gasteiger partial charge is 0.243 e. The number of thiol groups is 1. The zero-order valence-electron chi connectivity index (χ0n) is 53.0. The van der Waals surface area contributed by atoms with Crippen LogP contribution in [0.15, 0.2) is 44.2 Å². The fraction of sp³-hybridized carbons (Fsp3) is 0.643. The van der Waals surface area contributed by atoms with Gasteiger partial charge in [0.15, 0.2) is 23.8 Å². The molecule has 0 fully saturated rings. The van der Waals surface area contributed by atoms with Gasteiger partial charge >= 0.3 is 0 Å². The number of hydrogen-bond donors (Lipinski definition) is 21. The van der Waals surface area contributed by atoms with E-state index in [9.17, 15) is 53.1 Å². The molecule has 0 bridgehead atoms. The number of aromatic hydroxyl groups is 1. The average Bonchev–Trinajstić information content (AvgIpc) is 1.68. The first-order valence-corrected chi connectivity index (χ1v) is 30.8. The largest absolute Gasteiger partial charge is 0.508 e. The predicted octanol–water partition coefficient (Wildman–Crippen LogP) is -5.98. The summed E-state index contributed by atoms with van der Waals surface area (Å²) in [4.78, 5) is 154. The van der Waals surface area contributed by atoms with Gasteiger partial charge in [0, 0.05) is 38.4 Å². The van der Waals surface area contributed by atoms with Gasteiger partial charge in [-0.05, 0) is 99.7 Å². The summed E-state index contributed by atoms with van der Waals surface area (Å²) < 4.78 is 0. The first-order valence-electron chi connectivity index (χ1n) is 30.1. The van der Waals surface area contributed by atoms with E-state index in [-0.39, 0.29) is 144 Å². The van der Waals surface area contributed by atoms with Crippen LogP contribution >= 0.6 is 12.6 Å². The second-order valence-corrected chi connectivity index (χ2v) is 23.1. The van der Waals surface area contributed by atoms with Gasteiger partial charge in [-0.2, -0.15) is 12.6 Å². The van der Waals surface area contributed by atoms with Crippen LogP contribution in [0.2, 0.25) is 0 Å². The number of benzene rings is 1. The Kier molecular flexibility index (Phi) is 37.8. The van der Waals surface area contributed by atoms with Crippen molar-refractivity contribution < 1.29 is 53.1 Å². The lowest BCUT2D eigenvalue weighted by atomic mass is 9.97. The van der Waals surface area contributed by atoms with Crippen LogP contribution in [0.3, 0.4) is 0 Å². The zero-order valence-corrected chi connectivity index (χ0v) is 53.9. The molecule has 0 aromatic heterocycles. The maximum absolute atomic E-state index is 14.7. The number of amides is 10. The lowest BCUT2D eigenvalue weighted by Crippen LogP contribution is -2.61. The fourth-order valence-electron chi connectivity index (χ4n) is 8.79. The van der Waals surface area contributed by atoms with Crippen molar-refractivity contribution in [2.24, 2.45) is 95.1 Å². The molecular weight excluding hydrogens is 1200 g/mol. The Hall–Kier alpha value is -8.89. The molecule has 10 atom stereocenters. The summed E-state index contributed by atoms with van der Waals surface area (Å²) in [7, 11) is 0. The van der Waals surface area contributed by atoms with Gasteiger partial charge in [-0.15, -0.1) is 0 Å². The van der Waals surface area contributed by atoms with Crippen LogP contribution in [0.1, 0.15) is 118 Å². The van der Waals surface area contributed by atoms with Crippen LogP contribution in [-0.4, -0.2) is 181 Å². The highest BCUT2D eigenvalue weighted by Crippen LogP contribution is 2.16. The molecule has 91 heavy (non-hydrogen) atoms. The number of rotatable bonds is 44. The number of guanidine groups is 4. The predicted molar refractivity (Wildman–Crippen MR) is 349 cm³/mol. The van der Waals surface area contributed by atoms with Crippen molar-refractivity contribution >= 4 is 95.5 Å². The van der Waals surface area contributed by atoms with Gasteiger partial charge in [0.2, 0.25) is 59.1 Å². The molecule has 0 saturated carbocycles. The average molecular weight is 1300 g/mol. The Labute approximate surface area is 536 Å². The van der Waals surface area contributed by atoms with E-state index >= 15 is 0 Å². The van der Waals surface area contributed by atoms with Gasteiger partial charge < -0.3 is 110 Å². The quantitative estimate of drug-likeness (QED) is 0.0125. The first-order chi connectivity index (χ1) is 42.8. The zero-order chi connectivity index (χ0) is 68.9. The van der Waals surface area contributed by atoms with Crippen molar-refractivity contribution in [2.45, 2.75) is 173 Å². The van der Waals surface area contributed by atoms with Crippen LogP contribution < -0.4 is 105 Å². The highest BCUT2D eigenvalue weighted by atomic mass is 32.1. The van der Waals surface area contributed by atoms with Crippen molar-refractivity contribution in [1.82, 2.24) is 47.9 Å². The molecule has 30 N–H and O–H groups in total. The van der Waals surface area contributed by atoms with Crippen molar-refractivity contribution in [1.29, 1.82) is 0 Å². The number of nitrogens with two attached hydrogens (primary N) is 10. The molecule has 0 aliphatic rings. The van der Waals surface area contributed by atoms with Gasteiger partial charge in [-0.3, -0.25) is 67.9 Å². The summed E-state index contributed by atoms with van der Waals surface area (Å²) in [6.07, 6.45) is 1.01. The Morgan fingerprint density at radius 2 is 0.802 bits per heavy atom. The number of aliphatic imine (C=N–C) groups is 4. The Bertz CT molecular complexity index is 2650. The molecule has 0 aliphatic heterocycles. The Morgan fingerprint density at radius 3 is 1.19 bits per heavy atom. The Balaban J connectivity index is 3.63. The molecule has 10 amide bonds.